The minimum Gasteiger partial charge on any atom is -0.463 e. The van der Waals surface area contributed by atoms with E-state index in [9.17, 15) is 19.5 Å². The van der Waals surface area contributed by atoms with E-state index in [2.05, 4.69) is 12.2 Å². The van der Waals surface area contributed by atoms with Gasteiger partial charge in [0.1, 0.15) is 18.8 Å². The molecule has 1 atom stereocenters. The van der Waals surface area contributed by atoms with Crippen LogP contribution >= 0.6 is 11.3 Å². The zero-order chi connectivity index (χ0) is 25.8. The van der Waals surface area contributed by atoms with Crippen LogP contribution in [0, 0.1) is 0 Å². The fourth-order valence-electron chi connectivity index (χ4n) is 3.81. The molecule has 0 saturated heterocycles. The molecule has 35 heavy (non-hydrogen) atoms. The van der Waals surface area contributed by atoms with Crippen molar-refractivity contribution < 1.29 is 29.0 Å². The number of unbranched alkanes of at least 4 members (excludes halogenated alkanes) is 2. The van der Waals surface area contributed by atoms with Crippen LogP contribution in [-0.2, 0) is 30.3 Å². The highest BCUT2D eigenvalue weighted by atomic mass is 32.1. The van der Waals surface area contributed by atoms with E-state index in [4.69, 9.17) is 9.47 Å². The number of aryl methyl sites for hydroxylation is 1. The molecule has 0 aliphatic rings. The predicted molar refractivity (Wildman–Crippen MR) is 137 cm³/mol. The number of rotatable bonds is 14. The maximum Gasteiger partial charge on any atom is 0.302 e. The quantitative estimate of drug-likeness (QED) is 0.279. The molecule has 0 radical (unpaired) electrons. The van der Waals surface area contributed by atoms with Gasteiger partial charge in [0.25, 0.3) is 0 Å². The Labute approximate surface area is 211 Å². The number of carbonyl (C=O) groups excluding carboxylic acids is 3. The summed E-state index contributed by atoms with van der Waals surface area (Å²) in [5.74, 6) is -1.25. The first-order valence-electron chi connectivity index (χ1n) is 12.1. The highest BCUT2D eigenvalue weighted by Crippen LogP contribution is 2.33. The Hall–Kier alpha value is -2.71. The van der Waals surface area contributed by atoms with Crippen LogP contribution in [-0.4, -0.2) is 41.7 Å². The third-order valence-electron chi connectivity index (χ3n) is 5.71. The highest BCUT2D eigenvalue weighted by molar-refractivity contribution is 7.15. The molecule has 0 aliphatic carbocycles. The average Bonchev–Trinajstić information content (AvgIpc) is 3.30. The Morgan fingerprint density at radius 3 is 2.14 bits per heavy atom. The molecule has 1 aromatic carbocycles. The lowest BCUT2D eigenvalue weighted by molar-refractivity contribution is -0.150. The Kier molecular flexibility index (Phi) is 11.4. The van der Waals surface area contributed by atoms with Gasteiger partial charge in [-0.05, 0) is 42.5 Å². The van der Waals surface area contributed by atoms with E-state index in [1.807, 2.05) is 36.4 Å². The summed E-state index contributed by atoms with van der Waals surface area (Å²) in [6.07, 6.45) is 4.64. The lowest BCUT2D eigenvalue weighted by Crippen LogP contribution is -2.55. The monoisotopic (exact) mass is 503 g/mol. The molecule has 1 unspecified atom stereocenters. The summed E-state index contributed by atoms with van der Waals surface area (Å²) in [6, 6.07) is 12.1. The number of aliphatic hydroxyl groups excluding tert-OH is 1. The molecule has 0 bridgehead atoms. The summed E-state index contributed by atoms with van der Waals surface area (Å²) in [5.41, 5.74) is 1.09. The predicted octanol–water partition coefficient (Wildman–Crippen LogP) is 4.96. The molecule has 0 spiro atoms. The van der Waals surface area contributed by atoms with E-state index in [0.717, 1.165) is 46.6 Å². The first kappa shape index (κ1) is 28.5. The molecule has 2 rings (SSSR count). The summed E-state index contributed by atoms with van der Waals surface area (Å²) in [7, 11) is 0. The number of aliphatic hydroxyl groups is 1. The molecule has 0 fully saturated rings. The van der Waals surface area contributed by atoms with Crippen LogP contribution in [0.5, 0.6) is 0 Å². The van der Waals surface area contributed by atoms with Crippen molar-refractivity contribution in [2.75, 3.05) is 13.2 Å². The number of amides is 1. The maximum atomic E-state index is 11.9. The first-order valence-corrected chi connectivity index (χ1v) is 12.9. The minimum absolute atomic E-state index is 0.0914. The Morgan fingerprint density at radius 1 is 0.971 bits per heavy atom. The van der Waals surface area contributed by atoms with E-state index < -0.39 is 23.6 Å². The molecular formula is C27H37NO6S. The average molecular weight is 504 g/mol. The van der Waals surface area contributed by atoms with Crippen molar-refractivity contribution >= 4 is 29.2 Å². The lowest BCUT2D eigenvalue weighted by Gasteiger charge is -2.33. The first-order chi connectivity index (χ1) is 16.6. The topological polar surface area (TPSA) is 102 Å². The Balaban J connectivity index is 2.09. The van der Waals surface area contributed by atoms with Crippen LogP contribution in [0.15, 0.2) is 36.4 Å². The number of thiophene rings is 1. The number of benzene rings is 1. The Bertz CT molecular complexity index is 950. The van der Waals surface area contributed by atoms with Gasteiger partial charge in [-0.3, -0.25) is 14.4 Å². The van der Waals surface area contributed by atoms with Gasteiger partial charge >= 0.3 is 11.9 Å². The van der Waals surface area contributed by atoms with E-state index >= 15 is 0 Å². The molecule has 1 heterocycles. The third kappa shape index (κ3) is 9.82. The number of esters is 2. The van der Waals surface area contributed by atoms with Crippen LogP contribution in [0.1, 0.15) is 76.3 Å². The van der Waals surface area contributed by atoms with Crippen LogP contribution in [0.25, 0.3) is 10.4 Å². The SMILES string of the molecule is CCCCCC(O)c1ccc(-c2ccc(CCC(COC(C)=O)(COC(C)=O)NC(C)=O)cc2)s1. The molecule has 2 aromatic rings. The van der Waals surface area contributed by atoms with Gasteiger partial charge in [-0.15, -0.1) is 11.3 Å². The zero-order valence-corrected chi connectivity index (χ0v) is 21.9. The van der Waals surface area contributed by atoms with Crippen LogP contribution < -0.4 is 5.32 Å². The number of ether oxygens (including phenoxy) is 2. The molecule has 0 aliphatic heterocycles. The van der Waals surface area contributed by atoms with Crippen LogP contribution in [0.4, 0.5) is 0 Å². The third-order valence-corrected chi connectivity index (χ3v) is 6.95. The lowest BCUT2D eigenvalue weighted by atomic mass is 9.92. The molecular weight excluding hydrogens is 466 g/mol. The summed E-state index contributed by atoms with van der Waals surface area (Å²) >= 11 is 1.61. The van der Waals surface area contributed by atoms with Crippen molar-refractivity contribution in [2.24, 2.45) is 0 Å². The summed E-state index contributed by atoms with van der Waals surface area (Å²) in [5, 5.41) is 13.3. The van der Waals surface area contributed by atoms with E-state index in [0.29, 0.717) is 12.8 Å². The highest BCUT2D eigenvalue weighted by Gasteiger charge is 2.34. The smallest absolute Gasteiger partial charge is 0.302 e. The fraction of sp³-hybridized carbons (Fsp3) is 0.519. The van der Waals surface area contributed by atoms with Gasteiger partial charge in [-0.1, -0.05) is 50.5 Å². The Morgan fingerprint density at radius 2 is 1.60 bits per heavy atom. The van der Waals surface area contributed by atoms with Crippen molar-refractivity contribution in [3.8, 4) is 10.4 Å². The van der Waals surface area contributed by atoms with Crippen molar-refractivity contribution in [1.29, 1.82) is 0 Å². The fourth-order valence-corrected chi connectivity index (χ4v) is 4.84. The van der Waals surface area contributed by atoms with Gasteiger partial charge in [-0.25, -0.2) is 0 Å². The van der Waals surface area contributed by atoms with E-state index in [1.165, 1.54) is 20.8 Å². The van der Waals surface area contributed by atoms with Crippen molar-refractivity contribution in [2.45, 2.75) is 77.9 Å². The van der Waals surface area contributed by atoms with Gasteiger partial charge in [0, 0.05) is 30.5 Å². The second kappa shape index (κ2) is 14.0. The summed E-state index contributed by atoms with van der Waals surface area (Å²) in [6.45, 7) is 5.93. The van der Waals surface area contributed by atoms with Gasteiger partial charge in [-0.2, -0.15) is 0 Å². The maximum absolute atomic E-state index is 11.9. The van der Waals surface area contributed by atoms with Gasteiger partial charge in [0.2, 0.25) is 5.91 Å². The molecule has 7 nitrogen and oxygen atoms in total. The van der Waals surface area contributed by atoms with Gasteiger partial charge in [0.15, 0.2) is 0 Å². The van der Waals surface area contributed by atoms with Crippen molar-refractivity contribution in [3.63, 3.8) is 0 Å². The van der Waals surface area contributed by atoms with Gasteiger partial charge in [0.05, 0.1) is 6.10 Å². The van der Waals surface area contributed by atoms with Gasteiger partial charge < -0.3 is 19.9 Å². The molecule has 192 valence electrons. The van der Waals surface area contributed by atoms with E-state index in [-0.39, 0.29) is 19.1 Å². The van der Waals surface area contributed by atoms with E-state index in [1.54, 1.807) is 11.3 Å². The molecule has 0 saturated carbocycles. The number of hydrogen-bond acceptors (Lipinski definition) is 7. The standard InChI is InChI=1S/C27H37NO6S/c1-5-6-7-8-24(32)26-14-13-25(35-26)23-11-9-22(10-12-23)15-16-27(28-19(2)29,17-33-20(3)30)18-34-21(4)31/h9-14,24,32H,5-8,15-18H2,1-4H3,(H,28,29). The molecule has 2 N–H and O–H groups in total. The number of carbonyl (C=O) groups is 3. The minimum atomic E-state index is -1.02. The summed E-state index contributed by atoms with van der Waals surface area (Å²) < 4.78 is 10.4. The van der Waals surface area contributed by atoms with Crippen molar-refractivity contribution in [1.82, 2.24) is 5.32 Å². The second-order valence-electron chi connectivity index (χ2n) is 8.93. The largest absolute Gasteiger partial charge is 0.463 e. The number of nitrogens with one attached hydrogen (secondary N) is 1. The van der Waals surface area contributed by atoms with Crippen LogP contribution in [0.3, 0.4) is 0 Å². The molecule has 1 amide bonds. The van der Waals surface area contributed by atoms with Crippen molar-refractivity contribution in [3.05, 3.63) is 46.8 Å². The molecule has 1 aromatic heterocycles. The zero-order valence-electron chi connectivity index (χ0n) is 21.1. The van der Waals surface area contributed by atoms with Crippen LogP contribution in [0.2, 0.25) is 0 Å². The summed E-state index contributed by atoms with van der Waals surface area (Å²) in [4.78, 5) is 36.8. The molecule has 8 heteroatoms. The normalized spacial score (nSPS) is 12.1. The number of hydrogen-bond donors (Lipinski definition) is 2. The second-order valence-corrected chi connectivity index (χ2v) is 10.0.